The van der Waals surface area contributed by atoms with Crippen LogP contribution in [-0.4, -0.2) is 39.7 Å². The molecule has 8 heteroatoms. The van der Waals surface area contributed by atoms with E-state index in [0.717, 1.165) is 6.20 Å². The quantitative estimate of drug-likeness (QED) is 0.474. The van der Waals surface area contributed by atoms with Crippen molar-refractivity contribution in [3.8, 4) is 0 Å². The minimum Gasteiger partial charge on any atom is -0.368 e. The number of imide groups is 1. The van der Waals surface area contributed by atoms with E-state index in [1.54, 1.807) is 0 Å². The molecule has 8 nitrogen and oxygen atoms in total. The van der Waals surface area contributed by atoms with Crippen LogP contribution in [0.3, 0.4) is 0 Å². The van der Waals surface area contributed by atoms with Crippen LogP contribution in [0.5, 0.6) is 0 Å². The summed E-state index contributed by atoms with van der Waals surface area (Å²) in [7, 11) is 0. The summed E-state index contributed by atoms with van der Waals surface area (Å²) in [6.45, 7) is 0.672. The van der Waals surface area contributed by atoms with Gasteiger partial charge in [-0.1, -0.05) is 0 Å². The van der Waals surface area contributed by atoms with Crippen molar-refractivity contribution in [2.75, 3.05) is 18.4 Å². The van der Waals surface area contributed by atoms with E-state index in [0.29, 0.717) is 25.3 Å². The smallest absolute Gasteiger partial charge is 0.287 e. The van der Waals surface area contributed by atoms with Crippen LogP contribution in [0.2, 0.25) is 0 Å². The molecule has 1 aromatic rings. The van der Waals surface area contributed by atoms with E-state index in [9.17, 15) is 19.7 Å². The second kappa shape index (κ2) is 4.55. The van der Waals surface area contributed by atoms with Crippen molar-refractivity contribution in [1.82, 2.24) is 9.88 Å². The van der Waals surface area contributed by atoms with E-state index in [1.807, 2.05) is 0 Å². The third-order valence-electron chi connectivity index (χ3n) is 3.56. The third kappa shape index (κ3) is 2.09. The first kappa shape index (κ1) is 12.5. The third-order valence-corrected chi connectivity index (χ3v) is 3.56. The Bertz CT molecular complexity index is 566. The molecule has 0 unspecified atom stereocenters. The Morgan fingerprint density at radius 3 is 2.60 bits per heavy atom. The van der Waals surface area contributed by atoms with Crippen molar-refractivity contribution >= 4 is 23.3 Å². The van der Waals surface area contributed by atoms with Gasteiger partial charge in [-0.05, 0) is 12.5 Å². The minimum atomic E-state index is -0.523. The lowest BCUT2D eigenvalue weighted by Crippen LogP contribution is -2.36. The van der Waals surface area contributed by atoms with E-state index in [1.165, 1.54) is 17.0 Å². The maximum absolute atomic E-state index is 11.7. The Morgan fingerprint density at radius 1 is 1.35 bits per heavy atom. The fraction of sp³-hybridized carbons (Fsp3) is 0.417. The van der Waals surface area contributed by atoms with E-state index < -0.39 is 4.92 Å². The number of amides is 2. The number of aromatic nitrogens is 1. The summed E-state index contributed by atoms with van der Waals surface area (Å²) in [5, 5.41) is 13.4. The van der Waals surface area contributed by atoms with Gasteiger partial charge in [-0.3, -0.25) is 24.6 Å². The van der Waals surface area contributed by atoms with E-state index in [-0.39, 0.29) is 29.3 Å². The highest BCUT2D eigenvalue weighted by Crippen LogP contribution is 2.46. The molecule has 1 saturated heterocycles. The number of nitrogens with one attached hydrogen (secondary N) is 1. The van der Waals surface area contributed by atoms with Crippen LogP contribution in [0, 0.1) is 22.0 Å². The lowest BCUT2D eigenvalue weighted by molar-refractivity contribution is -0.385. The number of carbonyl (C=O) groups is 2. The number of nitrogens with zero attached hydrogens (tertiary/aromatic N) is 3. The number of nitro groups is 1. The van der Waals surface area contributed by atoms with Gasteiger partial charge in [0.05, 0.1) is 16.8 Å². The van der Waals surface area contributed by atoms with Crippen molar-refractivity contribution in [1.29, 1.82) is 0 Å². The summed E-state index contributed by atoms with van der Waals surface area (Å²) < 4.78 is 0. The Morgan fingerprint density at radius 2 is 2.05 bits per heavy atom. The molecule has 0 spiro atoms. The first-order valence-electron chi connectivity index (χ1n) is 6.27. The molecular weight excluding hydrogens is 264 g/mol. The molecule has 2 aliphatic rings. The molecule has 2 heterocycles. The van der Waals surface area contributed by atoms with Crippen molar-refractivity contribution in [2.24, 2.45) is 11.8 Å². The molecule has 20 heavy (non-hydrogen) atoms. The Balaban J connectivity index is 1.51. The van der Waals surface area contributed by atoms with Crippen molar-refractivity contribution in [2.45, 2.75) is 6.42 Å². The molecule has 1 aliphatic heterocycles. The van der Waals surface area contributed by atoms with Crippen LogP contribution in [0.4, 0.5) is 11.5 Å². The van der Waals surface area contributed by atoms with Gasteiger partial charge in [0.2, 0.25) is 11.8 Å². The molecule has 1 N–H and O–H groups in total. The number of hydrogen-bond donors (Lipinski definition) is 1. The molecule has 104 valence electrons. The average Bonchev–Trinajstić information content (AvgIpc) is 3.19. The van der Waals surface area contributed by atoms with Crippen LogP contribution in [0.25, 0.3) is 0 Å². The van der Waals surface area contributed by atoms with Gasteiger partial charge in [0.15, 0.2) is 0 Å². The Hall–Kier alpha value is -2.51. The highest BCUT2D eigenvalue weighted by molar-refractivity contribution is 6.08. The highest BCUT2D eigenvalue weighted by atomic mass is 16.6. The molecule has 0 bridgehead atoms. The van der Waals surface area contributed by atoms with Gasteiger partial charge in [0, 0.05) is 19.2 Å². The normalized spacial score (nSPS) is 23.7. The fourth-order valence-electron chi connectivity index (χ4n) is 2.36. The molecule has 1 aromatic heterocycles. The van der Waals surface area contributed by atoms with Crippen LogP contribution in [-0.2, 0) is 9.59 Å². The van der Waals surface area contributed by atoms with Crippen LogP contribution in [0.1, 0.15) is 6.42 Å². The summed E-state index contributed by atoms with van der Waals surface area (Å²) in [6, 6.07) is 2.83. The van der Waals surface area contributed by atoms with Crippen molar-refractivity contribution < 1.29 is 14.5 Å². The molecule has 0 radical (unpaired) electrons. The van der Waals surface area contributed by atoms with Gasteiger partial charge in [-0.2, -0.15) is 0 Å². The topological polar surface area (TPSA) is 105 Å². The average molecular weight is 276 g/mol. The number of anilines is 1. The molecule has 1 aliphatic carbocycles. The zero-order valence-electron chi connectivity index (χ0n) is 10.5. The van der Waals surface area contributed by atoms with Gasteiger partial charge < -0.3 is 5.32 Å². The number of hydrogen-bond acceptors (Lipinski definition) is 6. The molecule has 2 fully saturated rings. The number of piperidine rings is 1. The number of pyridine rings is 1. The van der Waals surface area contributed by atoms with Gasteiger partial charge in [-0.25, -0.2) is 4.98 Å². The number of carbonyl (C=O) groups excluding carboxylic acids is 2. The second-order valence-corrected chi connectivity index (χ2v) is 4.86. The maximum atomic E-state index is 11.7. The van der Waals surface area contributed by atoms with Crippen LogP contribution in [0.15, 0.2) is 18.3 Å². The van der Waals surface area contributed by atoms with E-state index in [2.05, 4.69) is 10.3 Å². The van der Waals surface area contributed by atoms with Gasteiger partial charge in [0.25, 0.3) is 5.69 Å². The molecule has 3 rings (SSSR count). The van der Waals surface area contributed by atoms with E-state index >= 15 is 0 Å². The predicted octanol–water partition coefficient (Wildman–Crippen LogP) is 0.407. The summed E-state index contributed by atoms with van der Waals surface area (Å²) in [5.74, 6) is 0.136. The predicted molar refractivity (Wildman–Crippen MR) is 67.7 cm³/mol. The molecule has 1 saturated carbocycles. The molecule has 0 aromatic carbocycles. The van der Waals surface area contributed by atoms with Crippen molar-refractivity contribution in [3.63, 3.8) is 0 Å². The standard InChI is InChI=1S/C12H12N4O4/c17-11-8-5-9(8)12(18)15(11)4-3-13-10-2-1-7(6-14-10)16(19)20/h1-2,6,8-9H,3-5H2,(H,13,14)/t8-,9+. The Kier molecular flexibility index (Phi) is 2.85. The first-order valence-corrected chi connectivity index (χ1v) is 6.27. The lowest BCUT2D eigenvalue weighted by atomic mass is 10.4. The second-order valence-electron chi connectivity index (χ2n) is 4.86. The van der Waals surface area contributed by atoms with Crippen LogP contribution >= 0.6 is 0 Å². The maximum Gasteiger partial charge on any atom is 0.287 e. The van der Waals surface area contributed by atoms with E-state index in [4.69, 9.17) is 0 Å². The SMILES string of the molecule is O=C1[C@H]2C[C@H]2C(=O)N1CCNc1ccc([N+](=O)[O-])cn1. The largest absolute Gasteiger partial charge is 0.368 e. The number of rotatable bonds is 5. The van der Waals surface area contributed by atoms with Gasteiger partial charge in [0.1, 0.15) is 12.0 Å². The van der Waals surface area contributed by atoms with Gasteiger partial charge in [-0.15, -0.1) is 0 Å². The van der Waals surface area contributed by atoms with Crippen molar-refractivity contribution in [3.05, 3.63) is 28.4 Å². The monoisotopic (exact) mass is 276 g/mol. The zero-order valence-corrected chi connectivity index (χ0v) is 10.5. The fourth-order valence-corrected chi connectivity index (χ4v) is 2.36. The first-order chi connectivity index (χ1) is 9.58. The zero-order chi connectivity index (χ0) is 14.3. The summed E-state index contributed by atoms with van der Waals surface area (Å²) >= 11 is 0. The summed E-state index contributed by atoms with van der Waals surface area (Å²) in [5.41, 5.74) is -0.0828. The lowest BCUT2D eigenvalue weighted by Gasteiger charge is -2.16. The number of fused-ring (bicyclic) bond motifs is 1. The summed E-state index contributed by atoms with van der Waals surface area (Å²) in [6.07, 6.45) is 1.86. The Labute approximate surface area is 113 Å². The van der Waals surface area contributed by atoms with Crippen LogP contribution < -0.4 is 5.32 Å². The summed E-state index contributed by atoms with van der Waals surface area (Å²) in [4.78, 5) is 38.5. The minimum absolute atomic E-state index is 0.0828. The highest BCUT2D eigenvalue weighted by Gasteiger charge is 2.58. The molecule has 2 atom stereocenters. The molecular formula is C12H12N4O4. The van der Waals surface area contributed by atoms with Gasteiger partial charge >= 0.3 is 0 Å². The number of likely N-dealkylation sites (tertiary alicyclic amines) is 1. The molecule has 2 amide bonds.